The number of halogens is 2. The van der Waals surface area contributed by atoms with Crippen molar-refractivity contribution in [3.63, 3.8) is 0 Å². The maximum atomic E-state index is 14.5. The van der Waals surface area contributed by atoms with E-state index in [4.69, 9.17) is 10.5 Å². The summed E-state index contributed by atoms with van der Waals surface area (Å²) < 4.78 is 63.5. The fraction of sp³-hybridized carbons (Fsp3) is 0.0800. The highest BCUT2D eigenvalue weighted by Gasteiger charge is 2.47. The average molecular weight is 477 g/mol. The van der Waals surface area contributed by atoms with Crippen molar-refractivity contribution in [2.24, 2.45) is 5.73 Å². The van der Waals surface area contributed by atoms with E-state index < -0.39 is 27.6 Å². The van der Waals surface area contributed by atoms with Crippen molar-refractivity contribution < 1.29 is 21.9 Å². The molecular formula is C25H17F2N3O3S. The molecule has 3 aromatic carbocycles. The van der Waals surface area contributed by atoms with Gasteiger partial charge in [-0.2, -0.15) is 5.26 Å². The maximum Gasteiger partial charge on any atom is 0.265 e. The highest BCUT2D eigenvalue weighted by Crippen LogP contribution is 2.51. The highest BCUT2D eigenvalue weighted by atomic mass is 32.2. The van der Waals surface area contributed by atoms with E-state index in [1.807, 2.05) is 6.07 Å². The normalized spacial score (nSPS) is 18.6. The van der Waals surface area contributed by atoms with E-state index in [-0.39, 0.29) is 45.5 Å². The lowest BCUT2D eigenvalue weighted by Crippen LogP contribution is -2.39. The molecule has 0 fully saturated rings. The Bertz CT molecular complexity index is 1540. The van der Waals surface area contributed by atoms with Gasteiger partial charge < -0.3 is 10.5 Å². The summed E-state index contributed by atoms with van der Waals surface area (Å²) in [6, 6.07) is 19.7. The van der Waals surface area contributed by atoms with Gasteiger partial charge in [-0.25, -0.2) is 17.2 Å². The maximum absolute atomic E-state index is 14.5. The lowest BCUT2D eigenvalue weighted by molar-refractivity contribution is 0.357. The van der Waals surface area contributed by atoms with E-state index in [2.05, 4.69) is 0 Å². The van der Waals surface area contributed by atoms with Crippen LogP contribution in [0.15, 0.2) is 89.2 Å². The minimum Gasteiger partial charge on any atom is -0.439 e. The number of nitrogens with zero attached hydrogens (tertiary/aromatic N) is 2. The molecule has 2 N–H and O–H groups in total. The summed E-state index contributed by atoms with van der Waals surface area (Å²) in [4.78, 5) is -0.251. The van der Waals surface area contributed by atoms with Gasteiger partial charge in [0.1, 0.15) is 28.2 Å². The van der Waals surface area contributed by atoms with Crippen LogP contribution in [0.2, 0.25) is 0 Å². The van der Waals surface area contributed by atoms with Crippen molar-refractivity contribution in [1.29, 1.82) is 5.26 Å². The Hall–Kier alpha value is -4.16. The van der Waals surface area contributed by atoms with Gasteiger partial charge in [0, 0.05) is 11.1 Å². The Morgan fingerprint density at radius 3 is 2.50 bits per heavy atom. The lowest BCUT2D eigenvalue weighted by atomic mass is 9.88. The van der Waals surface area contributed by atoms with Gasteiger partial charge in [-0.3, -0.25) is 4.31 Å². The van der Waals surface area contributed by atoms with Crippen LogP contribution in [-0.4, -0.2) is 8.42 Å². The zero-order valence-electron chi connectivity index (χ0n) is 17.6. The first-order chi connectivity index (χ1) is 16.3. The van der Waals surface area contributed by atoms with E-state index in [0.717, 1.165) is 10.4 Å². The van der Waals surface area contributed by atoms with Crippen molar-refractivity contribution in [1.82, 2.24) is 0 Å². The van der Waals surface area contributed by atoms with E-state index in [0.29, 0.717) is 5.56 Å². The Kier molecular flexibility index (Phi) is 5.10. The summed E-state index contributed by atoms with van der Waals surface area (Å²) in [7, 11) is -4.37. The van der Waals surface area contributed by atoms with Gasteiger partial charge in [0.15, 0.2) is 5.76 Å². The Balaban J connectivity index is 1.78. The monoisotopic (exact) mass is 477 g/mol. The number of allylic oxidation sites excluding steroid dienone is 2. The van der Waals surface area contributed by atoms with Gasteiger partial charge >= 0.3 is 0 Å². The van der Waals surface area contributed by atoms with Gasteiger partial charge in [0.25, 0.3) is 10.0 Å². The molecule has 0 radical (unpaired) electrons. The molecule has 1 atom stereocenters. The number of anilines is 1. The predicted molar refractivity (Wildman–Crippen MR) is 122 cm³/mol. The standard InChI is InChI=1S/C25H17F2N3O3S/c26-17-8-5-7-15(12-17)22-19(13-28)25(29)33-23-18-9-2-4-11-21(18)30(34(31,32)24(22)23)14-16-6-1-3-10-20(16)27/h1-12,22H,14,29H2/t22-/m1/s1. The van der Waals surface area contributed by atoms with E-state index >= 15 is 0 Å². The third kappa shape index (κ3) is 3.31. The molecule has 0 amide bonds. The van der Waals surface area contributed by atoms with Crippen LogP contribution in [0.1, 0.15) is 22.6 Å². The number of rotatable bonds is 3. The number of fused-ring (bicyclic) bond motifs is 2. The van der Waals surface area contributed by atoms with Crippen LogP contribution < -0.4 is 10.0 Å². The van der Waals surface area contributed by atoms with Gasteiger partial charge in [-0.15, -0.1) is 0 Å². The Labute approximate surface area is 194 Å². The van der Waals surface area contributed by atoms with Crippen molar-refractivity contribution >= 4 is 21.5 Å². The smallest absolute Gasteiger partial charge is 0.265 e. The lowest BCUT2D eigenvalue weighted by Gasteiger charge is -2.38. The van der Waals surface area contributed by atoms with Gasteiger partial charge in [0.05, 0.1) is 18.2 Å². The number of para-hydroxylation sites is 1. The van der Waals surface area contributed by atoms with Crippen LogP contribution >= 0.6 is 0 Å². The summed E-state index contributed by atoms with van der Waals surface area (Å²) in [6.45, 7) is -0.292. The van der Waals surface area contributed by atoms with E-state index in [1.54, 1.807) is 30.3 Å². The molecule has 9 heteroatoms. The molecule has 0 spiro atoms. The summed E-state index contributed by atoms with van der Waals surface area (Å²) >= 11 is 0. The third-order valence-electron chi connectivity index (χ3n) is 5.81. The number of sulfonamides is 1. The van der Waals surface area contributed by atoms with E-state index in [9.17, 15) is 22.5 Å². The molecule has 2 aliphatic heterocycles. The first kappa shape index (κ1) is 21.7. The summed E-state index contributed by atoms with van der Waals surface area (Å²) in [6.07, 6.45) is 0. The zero-order chi connectivity index (χ0) is 24.0. The molecule has 0 saturated carbocycles. The number of hydrogen-bond donors (Lipinski definition) is 1. The molecule has 0 saturated heterocycles. The van der Waals surface area contributed by atoms with Gasteiger partial charge in [-0.05, 0) is 35.9 Å². The summed E-state index contributed by atoms with van der Waals surface area (Å²) in [5, 5.41) is 9.81. The van der Waals surface area contributed by atoms with Crippen molar-refractivity contribution in [3.05, 3.63) is 117 Å². The molecule has 0 unspecified atom stereocenters. The second-order valence-electron chi connectivity index (χ2n) is 7.79. The fourth-order valence-corrected chi connectivity index (χ4v) is 6.18. The van der Waals surface area contributed by atoms with E-state index in [1.165, 1.54) is 36.4 Å². The quantitative estimate of drug-likeness (QED) is 0.600. The largest absolute Gasteiger partial charge is 0.439 e. The molecule has 0 aliphatic carbocycles. The molecule has 2 aliphatic rings. The second kappa shape index (κ2) is 8.01. The van der Waals surface area contributed by atoms with Crippen molar-refractivity contribution in [3.8, 4) is 6.07 Å². The molecule has 5 rings (SSSR count). The SMILES string of the molecule is N#CC1=C(N)OC2=C([C@@H]1c1cccc(F)c1)S(=O)(=O)N(Cc1ccccc1F)c1ccccc12. The van der Waals surface area contributed by atoms with Crippen molar-refractivity contribution in [2.45, 2.75) is 12.5 Å². The van der Waals surface area contributed by atoms with Gasteiger partial charge in [0.2, 0.25) is 5.88 Å². The number of nitrogens with two attached hydrogens (primary N) is 1. The van der Waals surface area contributed by atoms with Crippen LogP contribution in [0.25, 0.3) is 5.76 Å². The van der Waals surface area contributed by atoms with Crippen LogP contribution in [0.4, 0.5) is 14.5 Å². The Morgan fingerprint density at radius 1 is 1.03 bits per heavy atom. The predicted octanol–water partition coefficient (Wildman–Crippen LogP) is 4.49. The summed E-state index contributed by atoms with van der Waals surface area (Å²) in [5.41, 5.74) is 6.95. The first-order valence-electron chi connectivity index (χ1n) is 10.3. The fourth-order valence-electron chi connectivity index (χ4n) is 4.28. The number of ether oxygens (including phenoxy) is 1. The zero-order valence-corrected chi connectivity index (χ0v) is 18.4. The topological polar surface area (TPSA) is 96.4 Å². The van der Waals surface area contributed by atoms with Crippen LogP contribution in [0.5, 0.6) is 0 Å². The first-order valence-corrected chi connectivity index (χ1v) is 11.7. The third-order valence-corrected chi connectivity index (χ3v) is 7.69. The molecule has 2 heterocycles. The minimum atomic E-state index is -4.37. The van der Waals surface area contributed by atoms with Gasteiger partial charge in [-0.1, -0.05) is 42.5 Å². The molecule has 34 heavy (non-hydrogen) atoms. The molecule has 6 nitrogen and oxygen atoms in total. The van der Waals surface area contributed by atoms with Crippen LogP contribution in [0, 0.1) is 23.0 Å². The number of nitriles is 1. The molecule has 3 aromatic rings. The molecule has 0 bridgehead atoms. The highest BCUT2D eigenvalue weighted by molar-refractivity contribution is 7.96. The van der Waals surface area contributed by atoms with Crippen molar-refractivity contribution in [2.75, 3.05) is 4.31 Å². The van der Waals surface area contributed by atoms with Crippen LogP contribution in [-0.2, 0) is 21.3 Å². The van der Waals surface area contributed by atoms with Crippen LogP contribution in [0.3, 0.4) is 0 Å². The number of hydrogen-bond acceptors (Lipinski definition) is 5. The number of benzene rings is 3. The Morgan fingerprint density at radius 2 is 1.76 bits per heavy atom. The minimum absolute atomic E-state index is 0.0360. The average Bonchev–Trinajstić information content (AvgIpc) is 2.82. The summed E-state index contributed by atoms with van der Waals surface area (Å²) in [5.74, 6) is -2.66. The molecular weight excluding hydrogens is 460 g/mol. The second-order valence-corrected chi connectivity index (χ2v) is 9.62. The molecule has 170 valence electrons. The molecule has 0 aromatic heterocycles.